The predicted molar refractivity (Wildman–Crippen MR) is 96.1 cm³/mol. The summed E-state index contributed by atoms with van der Waals surface area (Å²) < 4.78 is 13.5. The number of pyridine rings is 1. The highest BCUT2D eigenvalue weighted by Crippen LogP contribution is 2.13. The van der Waals surface area contributed by atoms with Gasteiger partial charge in [0.2, 0.25) is 0 Å². The van der Waals surface area contributed by atoms with Crippen LogP contribution in [0.2, 0.25) is 0 Å². The number of amidine groups is 1. The first-order valence-corrected chi connectivity index (χ1v) is 7.64. The summed E-state index contributed by atoms with van der Waals surface area (Å²) in [4.78, 5) is 4.09. The van der Waals surface area contributed by atoms with Gasteiger partial charge < -0.3 is 11.1 Å². The van der Waals surface area contributed by atoms with E-state index < -0.39 is 0 Å². The average molecular weight is 319 g/mol. The van der Waals surface area contributed by atoms with Crippen molar-refractivity contribution < 1.29 is 4.39 Å². The zero-order valence-electron chi connectivity index (χ0n) is 14.0. The maximum atomic E-state index is 13.5. The number of nitrogens with two attached hydrogens (primary N) is 1. The zero-order valence-corrected chi connectivity index (χ0v) is 14.0. The molecule has 23 heavy (non-hydrogen) atoms. The molecule has 0 aliphatic heterocycles. The van der Waals surface area contributed by atoms with E-state index in [1.165, 1.54) is 6.08 Å². The Balaban J connectivity index is 0.00000232. The summed E-state index contributed by atoms with van der Waals surface area (Å²) in [7, 11) is 0. The van der Waals surface area contributed by atoms with Crippen LogP contribution in [0.4, 0.5) is 10.2 Å². The Morgan fingerprint density at radius 3 is 2.70 bits per heavy atom. The summed E-state index contributed by atoms with van der Waals surface area (Å²) in [5.74, 6) is -0.117. The van der Waals surface area contributed by atoms with Crippen molar-refractivity contribution >= 4 is 17.4 Å². The van der Waals surface area contributed by atoms with E-state index in [2.05, 4.69) is 10.3 Å². The summed E-state index contributed by atoms with van der Waals surface area (Å²) in [6.45, 7) is 6.16. The zero-order chi connectivity index (χ0) is 17.7. The van der Waals surface area contributed by atoms with Crippen molar-refractivity contribution in [2.75, 3.05) is 11.9 Å². The lowest BCUT2D eigenvalue weighted by molar-refractivity contribution is 0.588. The number of anilines is 1. The van der Waals surface area contributed by atoms with Gasteiger partial charge in [0.15, 0.2) is 0 Å². The van der Waals surface area contributed by atoms with Gasteiger partial charge in [-0.25, -0.2) is 9.37 Å². The minimum Gasteiger partial charge on any atom is -0.382 e. The molecule has 0 amide bonds. The summed E-state index contributed by atoms with van der Waals surface area (Å²) in [5.41, 5.74) is 5.62. The fourth-order valence-corrected chi connectivity index (χ4v) is 1.64. The van der Waals surface area contributed by atoms with Crippen LogP contribution in [0.3, 0.4) is 0 Å². The predicted octanol–water partition coefficient (Wildman–Crippen LogP) is 4.03. The molecule has 0 radical (unpaired) electrons. The molecule has 1 rings (SSSR count). The second-order valence-corrected chi connectivity index (χ2v) is 4.33. The number of nitrogens with one attached hydrogen (secondary N) is 3. The SMILES string of the molecule is C/C=C\CC/C(F)=C/CNc1ncccc1C(=N)C(=N)N.CC. The van der Waals surface area contributed by atoms with Gasteiger partial charge in [0.1, 0.15) is 17.4 Å². The van der Waals surface area contributed by atoms with Crippen LogP contribution in [0.1, 0.15) is 39.2 Å². The third-order valence-electron chi connectivity index (χ3n) is 2.72. The number of hydrogen-bond donors (Lipinski definition) is 4. The molecule has 5 nitrogen and oxygen atoms in total. The smallest absolute Gasteiger partial charge is 0.141 e. The summed E-state index contributed by atoms with van der Waals surface area (Å²) in [6, 6.07) is 3.30. The number of halogens is 1. The van der Waals surface area contributed by atoms with E-state index in [0.717, 1.165) is 0 Å². The molecular formula is C17H26FN5. The maximum Gasteiger partial charge on any atom is 0.141 e. The van der Waals surface area contributed by atoms with Crippen molar-refractivity contribution in [2.24, 2.45) is 5.73 Å². The van der Waals surface area contributed by atoms with Crippen LogP contribution in [-0.2, 0) is 0 Å². The van der Waals surface area contributed by atoms with Crippen molar-refractivity contribution in [3.05, 3.63) is 47.9 Å². The van der Waals surface area contributed by atoms with E-state index in [-0.39, 0.29) is 23.9 Å². The lowest BCUT2D eigenvalue weighted by Crippen LogP contribution is -2.23. The number of allylic oxidation sites excluding steroid dienone is 3. The quantitative estimate of drug-likeness (QED) is 0.331. The van der Waals surface area contributed by atoms with Gasteiger partial charge in [0, 0.05) is 24.7 Å². The van der Waals surface area contributed by atoms with Crippen LogP contribution >= 0.6 is 0 Å². The summed E-state index contributed by atoms with van der Waals surface area (Å²) >= 11 is 0. The highest BCUT2D eigenvalue weighted by atomic mass is 19.1. The topological polar surface area (TPSA) is 98.6 Å². The maximum absolute atomic E-state index is 13.5. The van der Waals surface area contributed by atoms with Crippen LogP contribution in [-0.4, -0.2) is 23.1 Å². The highest BCUT2D eigenvalue weighted by Gasteiger charge is 2.10. The number of hydrogen-bond acceptors (Lipinski definition) is 4. The van der Waals surface area contributed by atoms with E-state index in [9.17, 15) is 4.39 Å². The molecule has 126 valence electrons. The first-order valence-electron chi connectivity index (χ1n) is 7.64. The molecule has 1 heterocycles. The first kappa shape index (κ1) is 20.5. The van der Waals surface area contributed by atoms with Gasteiger partial charge in [-0.2, -0.15) is 0 Å². The van der Waals surface area contributed by atoms with Crippen LogP contribution in [0.15, 0.2) is 42.4 Å². The third-order valence-corrected chi connectivity index (χ3v) is 2.72. The van der Waals surface area contributed by atoms with Crippen LogP contribution in [0.5, 0.6) is 0 Å². The standard InChI is InChI=1S/C15H20FN5.C2H6/c1-2-3-4-6-11(16)8-10-21-15-12(7-5-9-20-15)13(17)14(18)19;1-2/h2-3,5,7-9,17H,4,6,10H2,1H3,(H3,18,19)(H,20,21);1-2H3/b3-2-,11-8-,17-13?;. The van der Waals surface area contributed by atoms with E-state index in [1.54, 1.807) is 18.3 Å². The van der Waals surface area contributed by atoms with Gasteiger partial charge in [-0.1, -0.05) is 26.0 Å². The summed E-state index contributed by atoms with van der Waals surface area (Å²) in [6.07, 6.45) is 7.84. The van der Waals surface area contributed by atoms with E-state index in [0.29, 0.717) is 24.2 Å². The number of nitrogens with zero attached hydrogens (tertiary/aromatic N) is 1. The molecule has 0 atom stereocenters. The lowest BCUT2D eigenvalue weighted by Gasteiger charge is -2.09. The molecule has 0 bridgehead atoms. The Morgan fingerprint density at radius 1 is 1.39 bits per heavy atom. The number of rotatable bonds is 8. The summed E-state index contributed by atoms with van der Waals surface area (Å²) in [5, 5.41) is 18.0. The lowest BCUT2D eigenvalue weighted by atomic mass is 10.1. The fourth-order valence-electron chi connectivity index (χ4n) is 1.64. The average Bonchev–Trinajstić information content (AvgIpc) is 2.56. The van der Waals surface area contributed by atoms with Crippen LogP contribution in [0.25, 0.3) is 0 Å². The Kier molecular flexibility index (Phi) is 10.8. The molecule has 0 fully saturated rings. The van der Waals surface area contributed by atoms with Gasteiger partial charge in [-0.3, -0.25) is 10.8 Å². The first-order chi connectivity index (χ1) is 11.1. The van der Waals surface area contributed by atoms with Crippen LogP contribution < -0.4 is 11.1 Å². The fraction of sp³-hybridized carbons (Fsp3) is 0.353. The van der Waals surface area contributed by atoms with Crippen molar-refractivity contribution in [3.63, 3.8) is 0 Å². The molecular weight excluding hydrogens is 293 g/mol. The Labute approximate surface area is 137 Å². The van der Waals surface area contributed by atoms with Crippen molar-refractivity contribution in [3.8, 4) is 0 Å². The minimum absolute atomic E-state index is 0.108. The third kappa shape index (κ3) is 7.90. The second-order valence-electron chi connectivity index (χ2n) is 4.33. The van der Waals surface area contributed by atoms with Gasteiger partial charge in [-0.05, 0) is 31.6 Å². The van der Waals surface area contributed by atoms with E-state index in [1.807, 2.05) is 32.9 Å². The van der Waals surface area contributed by atoms with Crippen molar-refractivity contribution in [2.45, 2.75) is 33.6 Å². The molecule has 5 N–H and O–H groups in total. The molecule has 0 saturated heterocycles. The molecule has 6 heteroatoms. The highest BCUT2D eigenvalue weighted by molar-refractivity contribution is 6.45. The normalized spacial score (nSPS) is 10.9. The van der Waals surface area contributed by atoms with Gasteiger partial charge in [0.05, 0.1) is 5.83 Å². The molecule has 0 spiro atoms. The Bertz CT molecular complexity index is 564. The van der Waals surface area contributed by atoms with Gasteiger partial charge >= 0.3 is 0 Å². The molecule has 0 unspecified atom stereocenters. The van der Waals surface area contributed by atoms with Crippen molar-refractivity contribution in [1.82, 2.24) is 4.98 Å². The monoisotopic (exact) mass is 319 g/mol. The van der Waals surface area contributed by atoms with E-state index >= 15 is 0 Å². The van der Waals surface area contributed by atoms with E-state index in [4.69, 9.17) is 16.6 Å². The largest absolute Gasteiger partial charge is 0.382 e. The molecule has 0 aromatic carbocycles. The number of aromatic nitrogens is 1. The van der Waals surface area contributed by atoms with Crippen molar-refractivity contribution in [1.29, 1.82) is 10.8 Å². The molecule has 1 aromatic heterocycles. The Hall–Kier alpha value is -2.50. The minimum atomic E-state index is -0.334. The second kappa shape index (κ2) is 12.1. The van der Waals surface area contributed by atoms with Gasteiger partial charge in [0.25, 0.3) is 0 Å². The molecule has 1 aromatic rings. The molecule has 0 aliphatic carbocycles. The molecule has 0 aliphatic rings. The van der Waals surface area contributed by atoms with Crippen LogP contribution in [0, 0.1) is 10.8 Å². The van der Waals surface area contributed by atoms with Gasteiger partial charge in [-0.15, -0.1) is 0 Å². The Morgan fingerprint density at radius 2 is 2.09 bits per heavy atom. The molecule has 0 saturated carbocycles.